The average Bonchev–Trinajstić information content (AvgIpc) is 1.87. The van der Waals surface area contributed by atoms with Crippen molar-refractivity contribution >= 4 is 5.78 Å². The first-order valence-electron chi connectivity index (χ1n) is 2.87. The van der Waals surface area contributed by atoms with Crippen LogP contribution in [-0.4, -0.2) is 19.1 Å². The van der Waals surface area contributed by atoms with Crippen LogP contribution in [-0.2, 0) is 4.79 Å². The van der Waals surface area contributed by atoms with Crippen molar-refractivity contribution in [2.24, 2.45) is 5.92 Å². The Kier molecular flexibility index (Phi) is 4.18. The highest BCUT2D eigenvalue weighted by Gasteiger charge is 2.10. The summed E-state index contributed by atoms with van der Waals surface area (Å²) in [6.07, 6.45) is -0.148. The summed E-state index contributed by atoms with van der Waals surface area (Å²) in [5.74, 6) is -0.958. The van der Waals surface area contributed by atoms with Crippen molar-refractivity contribution in [2.45, 2.75) is 13.3 Å². The van der Waals surface area contributed by atoms with Crippen LogP contribution in [0.15, 0.2) is 0 Å². The van der Waals surface area contributed by atoms with Gasteiger partial charge in [0.25, 0.3) is 0 Å². The number of Topliss-reactive ketones (excluding diaryl/α,β-unsaturated/α-hetero) is 1. The van der Waals surface area contributed by atoms with E-state index in [2.05, 4.69) is 0 Å². The molecule has 0 aromatic rings. The standard InChI is InChI=1S/C6H10F2O/c1-5(4-8)6(9)2-3-7/h5H,2-4H2,1H3. The van der Waals surface area contributed by atoms with Crippen LogP contribution in [0.3, 0.4) is 0 Å². The van der Waals surface area contributed by atoms with Crippen molar-refractivity contribution in [1.82, 2.24) is 0 Å². The second kappa shape index (κ2) is 4.41. The van der Waals surface area contributed by atoms with Gasteiger partial charge in [-0.3, -0.25) is 13.6 Å². The van der Waals surface area contributed by atoms with E-state index < -0.39 is 19.3 Å². The van der Waals surface area contributed by atoms with Crippen molar-refractivity contribution in [2.75, 3.05) is 13.3 Å². The molecule has 3 heteroatoms. The van der Waals surface area contributed by atoms with E-state index in [-0.39, 0.29) is 12.2 Å². The zero-order valence-corrected chi connectivity index (χ0v) is 5.36. The van der Waals surface area contributed by atoms with Gasteiger partial charge in [0, 0.05) is 12.3 Å². The maximum Gasteiger partial charge on any atom is 0.140 e. The van der Waals surface area contributed by atoms with Crippen molar-refractivity contribution < 1.29 is 13.6 Å². The molecule has 0 bridgehead atoms. The third kappa shape index (κ3) is 3.16. The van der Waals surface area contributed by atoms with Gasteiger partial charge in [-0.25, -0.2) is 0 Å². The van der Waals surface area contributed by atoms with E-state index in [0.717, 1.165) is 0 Å². The van der Waals surface area contributed by atoms with Crippen LogP contribution in [0.1, 0.15) is 13.3 Å². The quantitative estimate of drug-likeness (QED) is 0.572. The molecule has 0 aliphatic rings. The second-order valence-electron chi connectivity index (χ2n) is 1.96. The molecule has 0 fully saturated rings. The lowest BCUT2D eigenvalue weighted by molar-refractivity contribution is -0.123. The van der Waals surface area contributed by atoms with E-state index in [9.17, 15) is 13.6 Å². The molecule has 0 saturated heterocycles. The molecule has 0 aromatic carbocycles. The molecule has 0 radical (unpaired) electrons. The molecule has 0 N–H and O–H groups in total. The number of carbonyl (C=O) groups is 1. The van der Waals surface area contributed by atoms with Gasteiger partial charge >= 0.3 is 0 Å². The smallest absolute Gasteiger partial charge is 0.140 e. The number of carbonyl (C=O) groups excluding carboxylic acids is 1. The van der Waals surface area contributed by atoms with Crippen molar-refractivity contribution in [3.63, 3.8) is 0 Å². The molecule has 0 heterocycles. The van der Waals surface area contributed by atoms with Crippen LogP contribution in [0.4, 0.5) is 8.78 Å². The molecule has 0 saturated carbocycles. The highest BCUT2D eigenvalue weighted by Crippen LogP contribution is 2.00. The maximum absolute atomic E-state index is 11.6. The predicted molar refractivity (Wildman–Crippen MR) is 30.7 cm³/mol. The van der Waals surface area contributed by atoms with E-state index >= 15 is 0 Å². The van der Waals surface area contributed by atoms with E-state index in [1.54, 1.807) is 0 Å². The largest absolute Gasteiger partial charge is 0.299 e. The lowest BCUT2D eigenvalue weighted by Gasteiger charge is -2.00. The molecule has 0 aliphatic heterocycles. The first-order chi connectivity index (χ1) is 4.22. The van der Waals surface area contributed by atoms with Crippen molar-refractivity contribution in [3.05, 3.63) is 0 Å². The van der Waals surface area contributed by atoms with E-state index in [4.69, 9.17) is 0 Å². The van der Waals surface area contributed by atoms with Gasteiger partial charge in [-0.1, -0.05) is 6.92 Å². The third-order valence-corrected chi connectivity index (χ3v) is 1.12. The summed E-state index contributed by atoms with van der Waals surface area (Å²) < 4.78 is 23.0. The summed E-state index contributed by atoms with van der Waals surface area (Å²) >= 11 is 0. The highest BCUT2D eigenvalue weighted by molar-refractivity contribution is 5.80. The summed E-state index contributed by atoms with van der Waals surface area (Å²) in [5, 5.41) is 0. The molecule has 0 aliphatic carbocycles. The summed E-state index contributed by atoms with van der Waals surface area (Å²) in [6.45, 7) is 0.0972. The molecule has 1 atom stereocenters. The minimum absolute atomic E-state index is 0.148. The average molecular weight is 136 g/mol. The first-order valence-corrected chi connectivity index (χ1v) is 2.87. The lowest BCUT2D eigenvalue weighted by Crippen LogP contribution is -2.12. The van der Waals surface area contributed by atoms with Crippen LogP contribution >= 0.6 is 0 Å². The number of rotatable bonds is 4. The topological polar surface area (TPSA) is 17.1 Å². The highest BCUT2D eigenvalue weighted by atomic mass is 19.1. The van der Waals surface area contributed by atoms with E-state index in [0.29, 0.717) is 0 Å². The molecule has 1 nitrogen and oxygen atoms in total. The normalized spacial score (nSPS) is 13.2. The molecule has 54 valence electrons. The molecule has 0 spiro atoms. The fourth-order valence-electron chi connectivity index (χ4n) is 0.426. The Bertz CT molecular complexity index is 93.1. The minimum atomic E-state index is -0.682. The Morgan fingerprint density at radius 3 is 2.44 bits per heavy atom. The third-order valence-electron chi connectivity index (χ3n) is 1.12. The van der Waals surface area contributed by atoms with Gasteiger partial charge in [-0.2, -0.15) is 0 Å². The fourth-order valence-corrected chi connectivity index (χ4v) is 0.426. The van der Waals surface area contributed by atoms with Gasteiger partial charge in [0.1, 0.15) is 5.78 Å². The number of halogens is 2. The summed E-state index contributed by atoms with van der Waals surface area (Å²) in [5.41, 5.74) is 0. The van der Waals surface area contributed by atoms with Crippen LogP contribution < -0.4 is 0 Å². The number of hydrogen-bond acceptors (Lipinski definition) is 1. The second-order valence-corrected chi connectivity index (χ2v) is 1.96. The van der Waals surface area contributed by atoms with Gasteiger partial charge in [0.15, 0.2) is 0 Å². The van der Waals surface area contributed by atoms with Crippen LogP contribution in [0, 0.1) is 5.92 Å². The first kappa shape index (κ1) is 8.53. The number of ketones is 1. The fraction of sp³-hybridized carbons (Fsp3) is 0.833. The molecule has 9 heavy (non-hydrogen) atoms. The van der Waals surface area contributed by atoms with Crippen LogP contribution in [0.5, 0.6) is 0 Å². The molecular weight excluding hydrogens is 126 g/mol. The van der Waals surface area contributed by atoms with Gasteiger partial charge in [0.2, 0.25) is 0 Å². The van der Waals surface area contributed by atoms with E-state index in [1.807, 2.05) is 0 Å². The molecule has 0 rings (SSSR count). The molecule has 1 unspecified atom stereocenters. The summed E-state index contributed by atoms with van der Waals surface area (Å²) in [7, 11) is 0. The van der Waals surface area contributed by atoms with Crippen molar-refractivity contribution in [3.8, 4) is 0 Å². The Morgan fingerprint density at radius 2 is 2.11 bits per heavy atom. The SMILES string of the molecule is CC(CF)C(=O)CCF. The lowest BCUT2D eigenvalue weighted by atomic mass is 10.1. The molecule has 0 aromatic heterocycles. The van der Waals surface area contributed by atoms with Crippen LogP contribution in [0.25, 0.3) is 0 Å². The maximum atomic E-state index is 11.6. The molecule has 0 amide bonds. The number of hydrogen-bond donors (Lipinski definition) is 0. The van der Waals surface area contributed by atoms with Gasteiger partial charge in [-0.05, 0) is 0 Å². The monoisotopic (exact) mass is 136 g/mol. The van der Waals surface area contributed by atoms with Crippen molar-refractivity contribution in [1.29, 1.82) is 0 Å². The Hall–Kier alpha value is -0.470. The zero-order chi connectivity index (χ0) is 7.28. The minimum Gasteiger partial charge on any atom is -0.299 e. The van der Waals surface area contributed by atoms with Crippen LogP contribution in [0.2, 0.25) is 0 Å². The predicted octanol–water partition coefficient (Wildman–Crippen LogP) is 1.52. The number of alkyl halides is 2. The van der Waals surface area contributed by atoms with E-state index in [1.165, 1.54) is 6.92 Å². The molecular formula is C6H10F2O. The Balaban J connectivity index is 3.46. The van der Waals surface area contributed by atoms with Gasteiger partial charge in [-0.15, -0.1) is 0 Å². The Morgan fingerprint density at radius 1 is 1.56 bits per heavy atom. The Labute approximate surface area is 53.1 Å². The van der Waals surface area contributed by atoms with Gasteiger partial charge < -0.3 is 0 Å². The summed E-state index contributed by atoms with van der Waals surface area (Å²) in [4.78, 5) is 10.5. The summed E-state index contributed by atoms with van der Waals surface area (Å²) in [6, 6.07) is 0. The van der Waals surface area contributed by atoms with Gasteiger partial charge in [0.05, 0.1) is 13.3 Å². The zero-order valence-electron chi connectivity index (χ0n) is 5.36.